The number of amides is 1. The number of nitrogens with one attached hydrogen (secondary N) is 1. The smallest absolute Gasteiger partial charge is 0.241 e. The van der Waals surface area contributed by atoms with Gasteiger partial charge in [-0.05, 0) is 38.4 Å². The molecular formula is C24H28N4O4. The minimum absolute atomic E-state index is 0.0351. The molecule has 32 heavy (non-hydrogen) atoms. The second-order valence-electron chi connectivity index (χ2n) is 8.01. The van der Waals surface area contributed by atoms with E-state index >= 15 is 0 Å². The van der Waals surface area contributed by atoms with Crippen molar-refractivity contribution in [1.29, 1.82) is 0 Å². The van der Waals surface area contributed by atoms with E-state index in [0.717, 1.165) is 24.9 Å². The fourth-order valence-corrected chi connectivity index (χ4v) is 3.89. The molecule has 1 amide bonds. The van der Waals surface area contributed by atoms with Crippen molar-refractivity contribution in [3.63, 3.8) is 0 Å². The van der Waals surface area contributed by atoms with E-state index < -0.39 is 0 Å². The number of piperidine rings is 1. The first-order valence-electron chi connectivity index (χ1n) is 10.7. The SMILES string of the molecule is COc1ccc(OC)c(NC(=O)C2CCCN(Cc3nc(-c4ccc(C)cc4)no3)C2)c1. The van der Waals surface area contributed by atoms with Crippen molar-refractivity contribution in [3.05, 3.63) is 53.9 Å². The molecule has 1 N–H and O–H groups in total. The van der Waals surface area contributed by atoms with Crippen LogP contribution in [0.5, 0.6) is 11.5 Å². The van der Waals surface area contributed by atoms with Gasteiger partial charge in [-0.25, -0.2) is 0 Å². The van der Waals surface area contributed by atoms with Crippen molar-refractivity contribution in [2.24, 2.45) is 5.92 Å². The summed E-state index contributed by atoms with van der Waals surface area (Å²) < 4.78 is 16.1. The highest BCUT2D eigenvalue weighted by molar-refractivity contribution is 5.94. The summed E-state index contributed by atoms with van der Waals surface area (Å²) in [6.07, 6.45) is 1.75. The molecule has 168 valence electrons. The zero-order valence-corrected chi connectivity index (χ0v) is 18.6. The van der Waals surface area contributed by atoms with Gasteiger partial charge in [0, 0.05) is 18.2 Å². The number of carbonyl (C=O) groups excluding carboxylic acids is 1. The van der Waals surface area contributed by atoms with Gasteiger partial charge in [0.2, 0.25) is 17.6 Å². The summed E-state index contributed by atoms with van der Waals surface area (Å²) in [5.41, 5.74) is 2.71. The minimum Gasteiger partial charge on any atom is -0.497 e. The maximum absolute atomic E-state index is 13.0. The van der Waals surface area contributed by atoms with Gasteiger partial charge in [0.15, 0.2) is 0 Å². The van der Waals surface area contributed by atoms with Crippen LogP contribution in [0, 0.1) is 12.8 Å². The fraction of sp³-hybridized carbons (Fsp3) is 0.375. The third-order valence-corrected chi connectivity index (χ3v) is 5.68. The molecule has 0 saturated carbocycles. The second-order valence-corrected chi connectivity index (χ2v) is 8.01. The molecule has 8 heteroatoms. The predicted molar refractivity (Wildman–Crippen MR) is 121 cm³/mol. The Bertz CT molecular complexity index is 1060. The van der Waals surface area contributed by atoms with Crippen LogP contribution in [0.2, 0.25) is 0 Å². The third-order valence-electron chi connectivity index (χ3n) is 5.68. The van der Waals surface area contributed by atoms with Crippen LogP contribution in [0.25, 0.3) is 11.4 Å². The molecular weight excluding hydrogens is 408 g/mol. The zero-order valence-electron chi connectivity index (χ0n) is 18.6. The number of aromatic nitrogens is 2. The molecule has 1 fully saturated rings. The van der Waals surface area contributed by atoms with E-state index in [4.69, 9.17) is 14.0 Å². The highest BCUT2D eigenvalue weighted by atomic mass is 16.5. The standard InChI is InChI=1S/C24H28N4O4/c1-16-6-8-17(9-7-16)23-26-22(32-27-23)15-28-12-4-5-18(14-28)24(29)25-20-13-19(30-2)10-11-21(20)31-3/h6-11,13,18H,4-5,12,14-15H2,1-3H3,(H,25,29). The Morgan fingerprint density at radius 2 is 2.00 bits per heavy atom. The monoisotopic (exact) mass is 436 g/mol. The minimum atomic E-state index is -0.140. The molecule has 4 rings (SSSR count). The number of rotatable bonds is 7. The average Bonchev–Trinajstić information content (AvgIpc) is 3.28. The summed E-state index contributed by atoms with van der Waals surface area (Å²) in [5, 5.41) is 7.11. The van der Waals surface area contributed by atoms with Crippen LogP contribution in [0.4, 0.5) is 5.69 Å². The lowest BCUT2D eigenvalue weighted by Crippen LogP contribution is -2.40. The largest absolute Gasteiger partial charge is 0.497 e. The highest BCUT2D eigenvalue weighted by Crippen LogP contribution is 2.30. The predicted octanol–water partition coefficient (Wildman–Crippen LogP) is 3.91. The van der Waals surface area contributed by atoms with Crippen LogP contribution in [0.1, 0.15) is 24.3 Å². The number of methoxy groups -OCH3 is 2. The van der Waals surface area contributed by atoms with Gasteiger partial charge in [-0.15, -0.1) is 0 Å². The van der Waals surface area contributed by atoms with Crippen molar-refractivity contribution in [1.82, 2.24) is 15.0 Å². The van der Waals surface area contributed by atoms with Gasteiger partial charge in [-0.3, -0.25) is 9.69 Å². The first-order valence-corrected chi connectivity index (χ1v) is 10.7. The number of hydrogen-bond acceptors (Lipinski definition) is 7. The van der Waals surface area contributed by atoms with Gasteiger partial charge in [0.25, 0.3) is 0 Å². The first-order chi connectivity index (χ1) is 15.6. The molecule has 1 aliphatic heterocycles. The van der Waals surface area contributed by atoms with Gasteiger partial charge in [0.05, 0.1) is 32.4 Å². The Labute approximate surface area is 187 Å². The van der Waals surface area contributed by atoms with E-state index in [-0.39, 0.29) is 11.8 Å². The Morgan fingerprint density at radius 3 is 2.75 bits per heavy atom. The second kappa shape index (κ2) is 9.82. The van der Waals surface area contributed by atoms with Crippen molar-refractivity contribution in [2.45, 2.75) is 26.3 Å². The lowest BCUT2D eigenvalue weighted by atomic mass is 9.97. The molecule has 0 spiro atoms. The number of aryl methyl sites for hydroxylation is 1. The van der Waals surface area contributed by atoms with Gasteiger partial charge in [0.1, 0.15) is 11.5 Å². The van der Waals surface area contributed by atoms with Crippen molar-refractivity contribution < 1.29 is 18.8 Å². The fourth-order valence-electron chi connectivity index (χ4n) is 3.89. The molecule has 0 aliphatic carbocycles. The topological polar surface area (TPSA) is 89.7 Å². The number of hydrogen-bond donors (Lipinski definition) is 1. The maximum Gasteiger partial charge on any atom is 0.241 e. The number of ether oxygens (including phenoxy) is 2. The Morgan fingerprint density at radius 1 is 1.19 bits per heavy atom. The molecule has 1 saturated heterocycles. The van der Waals surface area contributed by atoms with Crippen LogP contribution in [-0.2, 0) is 11.3 Å². The molecule has 8 nitrogen and oxygen atoms in total. The number of carbonyl (C=O) groups is 1. The van der Waals surface area contributed by atoms with Crippen LogP contribution in [0.3, 0.4) is 0 Å². The number of nitrogens with zero attached hydrogens (tertiary/aromatic N) is 3. The summed E-state index contributed by atoms with van der Waals surface area (Å²) in [4.78, 5) is 19.7. The molecule has 1 unspecified atom stereocenters. The lowest BCUT2D eigenvalue weighted by molar-refractivity contribution is -0.121. The van der Waals surface area contributed by atoms with E-state index in [1.54, 1.807) is 32.4 Å². The summed E-state index contributed by atoms with van der Waals surface area (Å²) in [6, 6.07) is 13.4. The molecule has 2 heterocycles. The van der Waals surface area contributed by atoms with Crippen molar-refractivity contribution in [3.8, 4) is 22.9 Å². The summed E-state index contributed by atoms with van der Waals surface area (Å²) in [5.74, 6) is 2.22. The average molecular weight is 437 g/mol. The lowest BCUT2D eigenvalue weighted by Gasteiger charge is -2.31. The van der Waals surface area contributed by atoms with Gasteiger partial charge < -0.3 is 19.3 Å². The van der Waals surface area contributed by atoms with Crippen molar-refractivity contribution >= 4 is 11.6 Å². The van der Waals surface area contributed by atoms with Gasteiger partial charge >= 0.3 is 0 Å². The molecule has 1 atom stereocenters. The summed E-state index contributed by atoms with van der Waals surface area (Å²) >= 11 is 0. The molecule has 0 radical (unpaired) electrons. The Kier molecular flexibility index (Phi) is 6.70. The van der Waals surface area contributed by atoms with E-state index in [9.17, 15) is 4.79 Å². The van der Waals surface area contributed by atoms with Crippen molar-refractivity contribution in [2.75, 3.05) is 32.6 Å². The van der Waals surface area contributed by atoms with E-state index in [1.807, 2.05) is 31.2 Å². The van der Waals surface area contributed by atoms with Crippen LogP contribution < -0.4 is 14.8 Å². The van der Waals surface area contributed by atoms with E-state index in [1.165, 1.54) is 5.56 Å². The van der Waals surface area contributed by atoms with Gasteiger partial charge in [-0.1, -0.05) is 35.0 Å². The molecule has 2 aromatic carbocycles. The van der Waals surface area contributed by atoms with Crippen LogP contribution in [-0.4, -0.2) is 48.3 Å². The molecule has 1 aliphatic rings. The van der Waals surface area contributed by atoms with Crippen LogP contribution in [0.15, 0.2) is 47.0 Å². The van der Waals surface area contributed by atoms with Crippen LogP contribution >= 0.6 is 0 Å². The molecule has 3 aromatic rings. The Hall–Kier alpha value is -3.39. The Balaban J connectivity index is 1.38. The first kappa shape index (κ1) is 21.8. The zero-order chi connectivity index (χ0) is 22.5. The third kappa shape index (κ3) is 5.08. The maximum atomic E-state index is 13.0. The highest BCUT2D eigenvalue weighted by Gasteiger charge is 2.27. The number of likely N-dealkylation sites (tertiary alicyclic amines) is 1. The summed E-state index contributed by atoms with van der Waals surface area (Å²) in [6.45, 7) is 4.07. The van der Waals surface area contributed by atoms with Gasteiger partial charge in [-0.2, -0.15) is 4.98 Å². The molecule has 1 aromatic heterocycles. The van der Waals surface area contributed by atoms with E-state index in [2.05, 4.69) is 20.4 Å². The quantitative estimate of drug-likeness (QED) is 0.600. The summed E-state index contributed by atoms with van der Waals surface area (Å²) in [7, 11) is 3.17. The number of anilines is 1. The number of benzene rings is 2. The van der Waals surface area contributed by atoms with E-state index in [0.29, 0.717) is 42.0 Å². The molecule has 0 bridgehead atoms. The normalized spacial score (nSPS) is 16.5.